The number of aryl methyl sites for hydroxylation is 1. The first-order valence-electron chi connectivity index (χ1n) is 5.97. The van der Waals surface area contributed by atoms with Crippen molar-refractivity contribution in [3.63, 3.8) is 0 Å². The van der Waals surface area contributed by atoms with Crippen LogP contribution in [0.3, 0.4) is 0 Å². The predicted octanol–water partition coefficient (Wildman–Crippen LogP) is 2.39. The number of thiophene rings is 1. The normalized spacial score (nSPS) is 14.7. The number of hydrogen-bond acceptors (Lipinski definition) is 4. The van der Waals surface area contributed by atoms with Crippen molar-refractivity contribution in [2.24, 2.45) is 0 Å². The Balaban J connectivity index is 2.09. The molecule has 4 nitrogen and oxygen atoms in total. The molecule has 0 spiro atoms. The molecule has 6 heteroatoms. The summed E-state index contributed by atoms with van der Waals surface area (Å²) in [5, 5.41) is 0. The van der Waals surface area contributed by atoms with Gasteiger partial charge in [-0.25, -0.2) is 8.42 Å². The van der Waals surface area contributed by atoms with Crippen LogP contribution in [0.1, 0.15) is 10.4 Å². The highest BCUT2D eigenvalue weighted by Gasteiger charge is 2.32. The van der Waals surface area contributed by atoms with Gasteiger partial charge in [0.2, 0.25) is 0 Å². The molecule has 0 amide bonds. The Hall–Kier alpha value is -1.53. The van der Waals surface area contributed by atoms with E-state index in [1.54, 1.807) is 12.1 Å². The Bertz CT molecular complexity index is 735. The number of nitrogen functional groups attached to an aromatic ring is 1. The number of hydrogen-bond donors (Lipinski definition) is 1. The van der Waals surface area contributed by atoms with Gasteiger partial charge in [0.1, 0.15) is 4.21 Å². The molecule has 0 unspecified atom stereocenters. The van der Waals surface area contributed by atoms with Gasteiger partial charge in [0.15, 0.2) is 0 Å². The van der Waals surface area contributed by atoms with Crippen LogP contribution in [0, 0.1) is 6.92 Å². The molecular formula is C13H14N2O2S2. The van der Waals surface area contributed by atoms with Gasteiger partial charge in [-0.15, -0.1) is 11.3 Å². The molecule has 19 heavy (non-hydrogen) atoms. The number of rotatable bonds is 2. The van der Waals surface area contributed by atoms with E-state index in [1.807, 2.05) is 25.1 Å². The summed E-state index contributed by atoms with van der Waals surface area (Å²) in [5.41, 5.74) is 8.21. The second kappa shape index (κ2) is 4.25. The molecule has 1 aromatic carbocycles. The first kappa shape index (κ1) is 12.5. The summed E-state index contributed by atoms with van der Waals surface area (Å²) in [5.74, 6) is 0. The van der Waals surface area contributed by atoms with Crippen LogP contribution in [0.25, 0.3) is 0 Å². The number of anilines is 2. The van der Waals surface area contributed by atoms with Crippen LogP contribution in [0.5, 0.6) is 0 Å². The van der Waals surface area contributed by atoms with E-state index < -0.39 is 10.0 Å². The maximum atomic E-state index is 12.6. The van der Waals surface area contributed by atoms with Crippen LogP contribution in [-0.2, 0) is 16.4 Å². The van der Waals surface area contributed by atoms with E-state index in [0.717, 1.165) is 10.4 Å². The first-order chi connectivity index (χ1) is 9.00. The quantitative estimate of drug-likeness (QED) is 0.865. The third-order valence-electron chi connectivity index (χ3n) is 3.28. The summed E-state index contributed by atoms with van der Waals surface area (Å²) < 4.78 is 27.1. The van der Waals surface area contributed by atoms with Crippen LogP contribution in [0.4, 0.5) is 11.4 Å². The molecule has 1 aliphatic rings. The van der Waals surface area contributed by atoms with Gasteiger partial charge in [-0.1, -0.05) is 6.07 Å². The summed E-state index contributed by atoms with van der Waals surface area (Å²) in [6.45, 7) is 2.36. The van der Waals surface area contributed by atoms with Crippen molar-refractivity contribution < 1.29 is 8.42 Å². The third kappa shape index (κ3) is 1.91. The highest BCUT2D eigenvalue weighted by Crippen LogP contribution is 2.37. The molecular weight excluding hydrogens is 280 g/mol. The second-order valence-corrected chi connectivity index (χ2v) is 7.91. The highest BCUT2D eigenvalue weighted by molar-refractivity contribution is 7.94. The van der Waals surface area contributed by atoms with Crippen molar-refractivity contribution in [3.8, 4) is 0 Å². The number of benzene rings is 1. The maximum absolute atomic E-state index is 12.6. The SMILES string of the molecule is Cc1ccc(S(=O)(=O)N2CCc3c(N)cccc32)s1. The van der Waals surface area contributed by atoms with Gasteiger partial charge in [-0.2, -0.15) is 0 Å². The van der Waals surface area contributed by atoms with Crippen molar-refractivity contribution in [1.82, 2.24) is 0 Å². The second-order valence-electron chi connectivity index (χ2n) is 4.54. The lowest BCUT2D eigenvalue weighted by atomic mass is 10.1. The smallest absolute Gasteiger partial charge is 0.273 e. The highest BCUT2D eigenvalue weighted by atomic mass is 32.2. The van der Waals surface area contributed by atoms with Gasteiger partial charge in [0, 0.05) is 22.7 Å². The van der Waals surface area contributed by atoms with Crippen molar-refractivity contribution in [3.05, 3.63) is 40.8 Å². The number of sulfonamides is 1. The lowest BCUT2D eigenvalue weighted by molar-refractivity contribution is 0.594. The lowest BCUT2D eigenvalue weighted by Gasteiger charge is -2.18. The van der Waals surface area contributed by atoms with E-state index in [-0.39, 0.29) is 0 Å². The molecule has 3 rings (SSSR count). The van der Waals surface area contributed by atoms with Crippen LogP contribution in [0.2, 0.25) is 0 Å². The zero-order valence-corrected chi connectivity index (χ0v) is 12.1. The Morgan fingerprint density at radius 2 is 2.05 bits per heavy atom. The van der Waals surface area contributed by atoms with Crippen molar-refractivity contribution in [2.45, 2.75) is 17.6 Å². The predicted molar refractivity (Wildman–Crippen MR) is 78.1 cm³/mol. The molecule has 2 heterocycles. The Labute approximate surface area is 116 Å². The summed E-state index contributed by atoms with van der Waals surface area (Å²) in [6.07, 6.45) is 0.672. The summed E-state index contributed by atoms with van der Waals surface area (Å²) in [6, 6.07) is 8.91. The van der Waals surface area contributed by atoms with Crippen LogP contribution in [-0.4, -0.2) is 15.0 Å². The molecule has 0 saturated heterocycles. The molecule has 0 radical (unpaired) electrons. The minimum atomic E-state index is -3.45. The summed E-state index contributed by atoms with van der Waals surface area (Å²) in [7, 11) is -3.45. The average Bonchev–Trinajstić information content (AvgIpc) is 2.96. The molecule has 0 atom stereocenters. The van der Waals surface area contributed by atoms with E-state index in [0.29, 0.717) is 28.5 Å². The third-order valence-corrected chi connectivity index (χ3v) is 6.56. The molecule has 2 aromatic rings. The zero-order chi connectivity index (χ0) is 13.6. The van der Waals surface area contributed by atoms with Crippen molar-refractivity contribution in [2.75, 3.05) is 16.6 Å². The average molecular weight is 294 g/mol. The Morgan fingerprint density at radius 1 is 1.26 bits per heavy atom. The van der Waals surface area contributed by atoms with E-state index in [2.05, 4.69) is 0 Å². The molecule has 0 fully saturated rings. The largest absolute Gasteiger partial charge is 0.398 e. The monoisotopic (exact) mass is 294 g/mol. The van der Waals surface area contributed by atoms with Crippen LogP contribution >= 0.6 is 11.3 Å². The molecule has 2 N–H and O–H groups in total. The zero-order valence-electron chi connectivity index (χ0n) is 10.5. The number of nitrogens with two attached hydrogens (primary N) is 1. The lowest BCUT2D eigenvalue weighted by Crippen LogP contribution is -2.28. The molecule has 0 saturated carbocycles. The minimum absolute atomic E-state index is 0.389. The number of nitrogens with zero attached hydrogens (tertiary/aromatic N) is 1. The summed E-state index contributed by atoms with van der Waals surface area (Å²) in [4.78, 5) is 0.991. The van der Waals surface area contributed by atoms with Crippen LogP contribution < -0.4 is 10.0 Å². The van der Waals surface area contributed by atoms with Crippen molar-refractivity contribution >= 4 is 32.7 Å². The van der Waals surface area contributed by atoms with Crippen molar-refractivity contribution in [1.29, 1.82) is 0 Å². The van der Waals surface area contributed by atoms with Gasteiger partial charge in [-0.3, -0.25) is 4.31 Å². The fourth-order valence-electron chi connectivity index (χ4n) is 2.34. The van der Waals surface area contributed by atoms with E-state index in [4.69, 9.17) is 5.73 Å². The molecule has 1 aliphatic heterocycles. The maximum Gasteiger partial charge on any atom is 0.273 e. The molecule has 0 bridgehead atoms. The molecule has 0 aliphatic carbocycles. The molecule has 1 aromatic heterocycles. The Kier molecular flexibility index (Phi) is 2.79. The van der Waals surface area contributed by atoms with E-state index in [9.17, 15) is 8.42 Å². The number of fused-ring (bicyclic) bond motifs is 1. The first-order valence-corrected chi connectivity index (χ1v) is 8.22. The van der Waals surface area contributed by atoms with E-state index in [1.165, 1.54) is 15.6 Å². The fourth-order valence-corrected chi connectivity index (χ4v) is 5.23. The summed E-state index contributed by atoms with van der Waals surface area (Å²) >= 11 is 1.30. The van der Waals surface area contributed by atoms with Gasteiger partial charge in [0.25, 0.3) is 10.0 Å². The molecule has 100 valence electrons. The van der Waals surface area contributed by atoms with E-state index >= 15 is 0 Å². The minimum Gasteiger partial charge on any atom is -0.398 e. The van der Waals surface area contributed by atoms with Gasteiger partial charge < -0.3 is 5.73 Å². The Morgan fingerprint density at radius 3 is 2.74 bits per heavy atom. The van der Waals surface area contributed by atoms with Crippen LogP contribution in [0.15, 0.2) is 34.5 Å². The van der Waals surface area contributed by atoms with Gasteiger partial charge in [0.05, 0.1) is 5.69 Å². The van der Waals surface area contributed by atoms with Gasteiger partial charge >= 0.3 is 0 Å². The standard InChI is InChI=1S/C13H14N2O2S2/c1-9-5-6-13(18-9)19(16,17)15-8-7-10-11(14)3-2-4-12(10)15/h2-6H,7-8,14H2,1H3. The topological polar surface area (TPSA) is 63.4 Å². The van der Waals surface area contributed by atoms with Gasteiger partial charge in [-0.05, 0) is 37.6 Å². The fraction of sp³-hybridized carbons (Fsp3) is 0.231.